The van der Waals surface area contributed by atoms with Crippen molar-refractivity contribution in [3.05, 3.63) is 11.7 Å². The molecule has 2 heterocycles. The summed E-state index contributed by atoms with van der Waals surface area (Å²) in [5, 5.41) is 4.09. The van der Waals surface area contributed by atoms with Gasteiger partial charge in [0.15, 0.2) is 5.82 Å². The van der Waals surface area contributed by atoms with Crippen LogP contribution in [-0.2, 0) is 16.6 Å². The van der Waals surface area contributed by atoms with Crippen LogP contribution >= 0.6 is 0 Å². The summed E-state index contributed by atoms with van der Waals surface area (Å²) >= 11 is 0. The van der Waals surface area contributed by atoms with Crippen LogP contribution < -0.4 is 5.73 Å². The van der Waals surface area contributed by atoms with Crippen LogP contribution in [0.5, 0.6) is 0 Å². The van der Waals surface area contributed by atoms with Crippen molar-refractivity contribution in [2.45, 2.75) is 44.9 Å². The van der Waals surface area contributed by atoms with Crippen LogP contribution in [0.2, 0.25) is 0 Å². The molecule has 102 valence electrons. The third kappa shape index (κ3) is 2.57. The minimum absolute atomic E-state index is 0.155. The molecule has 0 saturated carbocycles. The monoisotopic (exact) mass is 253 g/mol. The fourth-order valence-electron chi connectivity index (χ4n) is 2.48. The molecule has 2 rings (SSSR count). The van der Waals surface area contributed by atoms with Crippen LogP contribution in [0.15, 0.2) is 4.52 Å². The van der Waals surface area contributed by atoms with E-state index in [1.807, 2.05) is 0 Å². The molecule has 2 N–H and O–H groups in total. The van der Waals surface area contributed by atoms with Crippen molar-refractivity contribution in [3.8, 4) is 0 Å². The summed E-state index contributed by atoms with van der Waals surface area (Å²) in [5.74, 6) is 2.02. The molecule has 0 aromatic carbocycles. The van der Waals surface area contributed by atoms with E-state index < -0.39 is 0 Å². The SMILES string of the molecule is CCC(CC)(CN)c1nc(CC2CCOC2)no1. The van der Waals surface area contributed by atoms with E-state index >= 15 is 0 Å². The van der Waals surface area contributed by atoms with Gasteiger partial charge in [0.2, 0.25) is 5.89 Å². The van der Waals surface area contributed by atoms with Crippen LogP contribution in [-0.4, -0.2) is 29.9 Å². The normalized spacial score (nSPS) is 20.5. The lowest BCUT2D eigenvalue weighted by molar-refractivity contribution is 0.185. The highest BCUT2D eigenvalue weighted by molar-refractivity contribution is 5.06. The zero-order valence-electron chi connectivity index (χ0n) is 11.3. The van der Waals surface area contributed by atoms with Crippen LogP contribution in [0.3, 0.4) is 0 Å². The van der Waals surface area contributed by atoms with E-state index in [1.54, 1.807) is 0 Å². The van der Waals surface area contributed by atoms with Crippen molar-refractivity contribution in [1.29, 1.82) is 0 Å². The maximum absolute atomic E-state index is 5.89. The van der Waals surface area contributed by atoms with Crippen molar-refractivity contribution in [3.63, 3.8) is 0 Å². The first-order valence-corrected chi connectivity index (χ1v) is 6.85. The van der Waals surface area contributed by atoms with Gasteiger partial charge < -0.3 is 15.0 Å². The van der Waals surface area contributed by atoms with E-state index in [9.17, 15) is 0 Å². The second-order valence-corrected chi connectivity index (χ2v) is 5.14. The van der Waals surface area contributed by atoms with Crippen LogP contribution in [0.1, 0.15) is 44.8 Å². The molecule has 1 atom stereocenters. The molecule has 1 fully saturated rings. The van der Waals surface area contributed by atoms with Gasteiger partial charge in [-0.25, -0.2) is 0 Å². The Bertz CT molecular complexity index is 360. The summed E-state index contributed by atoms with van der Waals surface area (Å²) in [6, 6.07) is 0. The molecular weight excluding hydrogens is 230 g/mol. The molecule has 1 saturated heterocycles. The molecule has 1 aromatic rings. The predicted molar refractivity (Wildman–Crippen MR) is 68.2 cm³/mol. The van der Waals surface area contributed by atoms with Crippen molar-refractivity contribution in [2.24, 2.45) is 11.7 Å². The standard InChI is InChI=1S/C13H23N3O2/c1-3-13(4-2,9-14)12-15-11(16-18-12)7-10-5-6-17-8-10/h10H,3-9,14H2,1-2H3. The molecule has 1 aliphatic heterocycles. The van der Waals surface area contributed by atoms with Gasteiger partial charge in [0.05, 0.1) is 5.41 Å². The largest absolute Gasteiger partial charge is 0.381 e. The van der Waals surface area contributed by atoms with E-state index in [4.69, 9.17) is 15.0 Å². The number of aromatic nitrogens is 2. The molecule has 18 heavy (non-hydrogen) atoms. The van der Waals surface area contributed by atoms with Crippen molar-refractivity contribution >= 4 is 0 Å². The van der Waals surface area contributed by atoms with E-state index in [0.717, 1.165) is 44.7 Å². The topological polar surface area (TPSA) is 74.2 Å². The lowest BCUT2D eigenvalue weighted by Gasteiger charge is -2.24. The molecule has 0 radical (unpaired) electrons. The number of hydrogen-bond acceptors (Lipinski definition) is 5. The minimum atomic E-state index is -0.155. The first-order chi connectivity index (χ1) is 8.74. The second kappa shape index (κ2) is 5.80. The summed E-state index contributed by atoms with van der Waals surface area (Å²) in [5.41, 5.74) is 5.73. The summed E-state index contributed by atoms with van der Waals surface area (Å²) in [7, 11) is 0. The average Bonchev–Trinajstić information content (AvgIpc) is 3.05. The number of nitrogens with zero attached hydrogens (tertiary/aromatic N) is 2. The fourth-order valence-corrected chi connectivity index (χ4v) is 2.48. The van der Waals surface area contributed by atoms with Gasteiger partial charge in [-0.3, -0.25) is 0 Å². The van der Waals surface area contributed by atoms with Gasteiger partial charge in [-0.2, -0.15) is 4.98 Å². The Morgan fingerprint density at radius 3 is 2.72 bits per heavy atom. The second-order valence-electron chi connectivity index (χ2n) is 5.14. The summed E-state index contributed by atoms with van der Waals surface area (Å²) < 4.78 is 10.8. The average molecular weight is 253 g/mol. The van der Waals surface area contributed by atoms with Crippen molar-refractivity contribution < 1.29 is 9.26 Å². The molecule has 0 aliphatic carbocycles. The van der Waals surface area contributed by atoms with Crippen molar-refractivity contribution in [1.82, 2.24) is 10.1 Å². The van der Waals surface area contributed by atoms with Gasteiger partial charge in [0.1, 0.15) is 0 Å². The van der Waals surface area contributed by atoms with Gasteiger partial charge >= 0.3 is 0 Å². The van der Waals surface area contributed by atoms with Crippen LogP contribution in [0.4, 0.5) is 0 Å². The molecule has 5 nitrogen and oxygen atoms in total. The molecule has 1 unspecified atom stereocenters. The van der Waals surface area contributed by atoms with Crippen molar-refractivity contribution in [2.75, 3.05) is 19.8 Å². The molecular formula is C13H23N3O2. The minimum Gasteiger partial charge on any atom is -0.381 e. The highest BCUT2D eigenvalue weighted by atomic mass is 16.5. The lowest BCUT2D eigenvalue weighted by Crippen LogP contribution is -2.34. The van der Waals surface area contributed by atoms with Crippen LogP contribution in [0, 0.1) is 5.92 Å². The van der Waals surface area contributed by atoms with E-state index in [-0.39, 0.29) is 5.41 Å². The number of nitrogens with two attached hydrogens (primary N) is 1. The van der Waals surface area contributed by atoms with E-state index in [0.29, 0.717) is 18.4 Å². The Balaban J connectivity index is 2.08. The molecule has 0 spiro atoms. The smallest absolute Gasteiger partial charge is 0.234 e. The molecule has 5 heteroatoms. The first-order valence-electron chi connectivity index (χ1n) is 6.85. The Morgan fingerprint density at radius 1 is 1.39 bits per heavy atom. The highest BCUT2D eigenvalue weighted by Crippen LogP contribution is 2.29. The Labute approximate surface area is 108 Å². The zero-order chi connectivity index (χ0) is 13.0. The number of hydrogen-bond donors (Lipinski definition) is 1. The number of ether oxygens (including phenoxy) is 1. The van der Waals surface area contributed by atoms with E-state index in [2.05, 4.69) is 24.0 Å². The maximum Gasteiger partial charge on any atom is 0.234 e. The quantitative estimate of drug-likeness (QED) is 0.834. The zero-order valence-corrected chi connectivity index (χ0v) is 11.3. The third-order valence-electron chi connectivity index (χ3n) is 4.16. The highest BCUT2D eigenvalue weighted by Gasteiger charge is 2.33. The Morgan fingerprint density at radius 2 is 2.17 bits per heavy atom. The molecule has 0 bridgehead atoms. The fraction of sp³-hybridized carbons (Fsp3) is 0.846. The predicted octanol–water partition coefficient (Wildman–Crippen LogP) is 1.67. The summed E-state index contributed by atoms with van der Waals surface area (Å²) in [6.07, 6.45) is 3.79. The summed E-state index contributed by atoms with van der Waals surface area (Å²) in [4.78, 5) is 4.55. The maximum atomic E-state index is 5.89. The third-order valence-corrected chi connectivity index (χ3v) is 4.16. The molecule has 1 aromatic heterocycles. The molecule has 0 amide bonds. The summed E-state index contributed by atoms with van der Waals surface area (Å²) in [6.45, 7) is 6.45. The van der Waals surface area contributed by atoms with Gasteiger partial charge in [0.25, 0.3) is 0 Å². The Hall–Kier alpha value is -0.940. The van der Waals surface area contributed by atoms with Gasteiger partial charge in [-0.05, 0) is 25.2 Å². The van der Waals surface area contributed by atoms with Gasteiger partial charge in [0, 0.05) is 26.2 Å². The molecule has 1 aliphatic rings. The number of rotatable bonds is 6. The van der Waals surface area contributed by atoms with Gasteiger partial charge in [-0.15, -0.1) is 0 Å². The Kier molecular flexibility index (Phi) is 4.35. The lowest BCUT2D eigenvalue weighted by atomic mass is 9.82. The first kappa shape index (κ1) is 13.5. The van der Waals surface area contributed by atoms with E-state index in [1.165, 1.54) is 0 Å². The van der Waals surface area contributed by atoms with Crippen LogP contribution in [0.25, 0.3) is 0 Å². The van der Waals surface area contributed by atoms with Gasteiger partial charge in [-0.1, -0.05) is 19.0 Å².